The Morgan fingerprint density at radius 1 is 1.03 bits per heavy atom. The molecule has 1 aromatic carbocycles. The maximum absolute atomic E-state index is 13.5. The summed E-state index contributed by atoms with van der Waals surface area (Å²) in [5.41, 5.74) is 4.93. The van der Waals surface area contributed by atoms with Crippen LogP contribution in [0.5, 0.6) is 0 Å². The summed E-state index contributed by atoms with van der Waals surface area (Å²) in [5.74, 6) is 1.97. The molecule has 3 heterocycles. The number of aromatic nitrogens is 1. The van der Waals surface area contributed by atoms with Gasteiger partial charge in [0.25, 0.3) is 5.91 Å². The molecule has 2 amide bonds. The first-order valence-electron chi connectivity index (χ1n) is 13.4. The largest absolute Gasteiger partial charge is 0.381 e. The van der Waals surface area contributed by atoms with Crippen molar-refractivity contribution in [3.05, 3.63) is 35.0 Å². The lowest BCUT2D eigenvalue weighted by molar-refractivity contribution is -0.123. The summed E-state index contributed by atoms with van der Waals surface area (Å²) < 4.78 is 7.96. The van der Waals surface area contributed by atoms with Gasteiger partial charge in [0.15, 0.2) is 0 Å². The molecule has 1 aromatic heterocycles. The highest BCUT2D eigenvalue weighted by Crippen LogP contribution is 2.39. The minimum Gasteiger partial charge on any atom is -0.381 e. The number of nitrogens with zero attached hydrogens (tertiary/aromatic N) is 2. The Morgan fingerprint density at radius 3 is 2.65 bits per heavy atom. The van der Waals surface area contributed by atoms with Crippen LogP contribution in [0.4, 0.5) is 0 Å². The van der Waals surface area contributed by atoms with E-state index < -0.39 is 0 Å². The van der Waals surface area contributed by atoms with Gasteiger partial charge in [-0.05, 0) is 93.4 Å². The lowest BCUT2D eigenvalue weighted by atomic mass is 9.75. The highest BCUT2D eigenvalue weighted by atomic mass is 16.5. The van der Waals surface area contributed by atoms with Gasteiger partial charge < -0.3 is 19.5 Å². The van der Waals surface area contributed by atoms with Crippen LogP contribution in [0.15, 0.2) is 18.2 Å². The number of ether oxygens (including phenoxy) is 1. The first kappa shape index (κ1) is 22.1. The van der Waals surface area contributed by atoms with E-state index in [9.17, 15) is 9.59 Å². The average Bonchev–Trinajstić information content (AvgIpc) is 3.70. The van der Waals surface area contributed by atoms with E-state index >= 15 is 0 Å². The molecule has 182 valence electrons. The maximum atomic E-state index is 13.5. The number of nitrogens with one attached hydrogen (secondary N) is 1. The van der Waals surface area contributed by atoms with E-state index in [0.717, 1.165) is 75.7 Å². The standard InChI is InChI=1S/C28H37N3O3/c1-30-25-8-6-20(18-10-13-34-14-11-18)15-23(25)24-16-21(7-9-26(24)30)28(33)31-12-2-3-22(17-31)29-27(32)19-4-5-19/h7,9,16,18-20,22H,2-6,8,10-15,17H2,1H3,(H,29,32)/t20?,22-/m0/s1. The van der Waals surface area contributed by atoms with E-state index in [0.29, 0.717) is 6.54 Å². The van der Waals surface area contributed by atoms with E-state index in [2.05, 4.69) is 29.1 Å². The van der Waals surface area contributed by atoms with Gasteiger partial charge >= 0.3 is 0 Å². The molecule has 1 N–H and O–H groups in total. The van der Waals surface area contributed by atoms with Gasteiger partial charge in [-0.1, -0.05) is 0 Å². The summed E-state index contributed by atoms with van der Waals surface area (Å²) >= 11 is 0. The topological polar surface area (TPSA) is 63.6 Å². The zero-order valence-electron chi connectivity index (χ0n) is 20.4. The van der Waals surface area contributed by atoms with E-state index in [1.165, 1.54) is 41.4 Å². The molecule has 0 spiro atoms. The van der Waals surface area contributed by atoms with Gasteiger partial charge in [0, 0.05) is 67.5 Å². The van der Waals surface area contributed by atoms with Crippen molar-refractivity contribution < 1.29 is 14.3 Å². The fraction of sp³-hybridized carbons (Fsp3) is 0.643. The summed E-state index contributed by atoms with van der Waals surface area (Å²) in [6.07, 6.45) is 9.79. The molecule has 2 aliphatic heterocycles. The Hall–Kier alpha value is -2.34. The molecular weight excluding hydrogens is 426 g/mol. The summed E-state index contributed by atoms with van der Waals surface area (Å²) in [5, 5.41) is 4.44. The Bertz CT molecular complexity index is 1100. The molecule has 1 saturated carbocycles. The summed E-state index contributed by atoms with van der Waals surface area (Å²) in [6, 6.07) is 6.37. The Kier molecular flexibility index (Phi) is 5.88. The zero-order chi connectivity index (χ0) is 23.2. The predicted molar refractivity (Wildman–Crippen MR) is 132 cm³/mol. The summed E-state index contributed by atoms with van der Waals surface area (Å²) in [7, 11) is 2.18. The van der Waals surface area contributed by atoms with Crippen molar-refractivity contribution in [3.63, 3.8) is 0 Å². The molecule has 0 bridgehead atoms. The first-order valence-corrected chi connectivity index (χ1v) is 13.4. The van der Waals surface area contributed by atoms with Crippen molar-refractivity contribution in [2.75, 3.05) is 26.3 Å². The van der Waals surface area contributed by atoms with Crippen molar-refractivity contribution >= 4 is 22.7 Å². The fourth-order valence-electron chi connectivity index (χ4n) is 6.66. The number of carbonyl (C=O) groups excluding carboxylic acids is 2. The van der Waals surface area contributed by atoms with Gasteiger partial charge in [0.1, 0.15) is 0 Å². The quantitative estimate of drug-likeness (QED) is 0.749. The van der Waals surface area contributed by atoms with Gasteiger partial charge in [-0.2, -0.15) is 0 Å². The molecule has 4 aliphatic rings. The Morgan fingerprint density at radius 2 is 1.85 bits per heavy atom. The number of fused-ring (bicyclic) bond motifs is 3. The first-order chi connectivity index (χ1) is 16.6. The minimum absolute atomic E-state index is 0.0826. The van der Waals surface area contributed by atoms with Crippen LogP contribution in [0.1, 0.15) is 66.6 Å². The lowest BCUT2D eigenvalue weighted by Crippen LogP contribution is -2.50. The smallest absolute Gasteiger partial charge is 0.253 e. The lowest BCUT2D eigenvalue weighted by Gasteiger charge is -2.33. The molecule has 2 aliphatic carbocycles. The molecule has 0 radical (unpaired) electrons. The number of aryl methyl sites for hydroxylation is 1. The van der Waals surface area contributed by atoms with Crippen molar-refractivity contribution in [3.8, 4) is 0 Å². The van der Waals surface area contributed by atoms with Crippen molar-refractivity contribution in [2.45, 2.75) is 63.8 Å². The molecule has 2 saturated heterocycles. The number of benzene rings is 1. The van der Waals surface area contributed by atoms with Gasteiger partial charge in [-0.3, -0.25) is 9.59 Å². The molecule has 2 atom stereocenters. The molecule has 34 heavy (non-hydrogen) atoms. The van der Waals surface area contributed by atoms with E-state index in [1.807, 2.05) is 11.0 Å². The number of carbonyl (C=O) groups is 2. The highest BCUT2D eigenvalue weighted by Gasteiger charge is 2.34. The van der Waals surface area contributed by atoms with Gasteiger partial charge in [0.2, 0.25) is 5.91 Å². The van der Waals surface area contributed by atoms with Crippen molar-refractivity contribution in [1.29, 1.82) is 0 Å². The van der Waals surface area contributed by atoms with Crippen LogP contribution in [-0.4, -0.2) is 53.6 Å². The third-order valence-electron chi connectivity index (χ3n) is 8.84. The van der Waals surface area contributed by atoms with Gasteiger partial charge in [0.05, 0.1) is 0 Å². The molecule has 1 unspecified atom stereocenters. The number of hydrogen-bond acceptors (Lipinski definition) is 3. The van der Waals surface area contributed by atoms with Gasteiger partial charge in [-0.15, -0.1) is 0 Å². The Balaban J connectivity index is 1.22. The second-order valence-electron chi connectivity index (χ2n) is 11.0. The van der Waals surface area contributed by atoms with Crippen LogP contribution in [0.2, 0.25) is 0 Å². The third kappa shape index (κ3) is 4.15. The SMILES string of the molecule is Cn1c2c(c3cc(C(=O)N4CCC[C@H](NC(=O)C5CC5)C4)ccc31)CC(C1CCOCC1)CC2. The summed E-state index contributed by atoms with van der Waals surface area (Å²) in [4.78, 5) is 27.7. The van der Waals surface area contributed by atoms with Crippen LogP contribution in [0.25, 0.3) is 10.9 Å². The number of piperidine rings is 1. The average molecular weight is 464 g/mol. The van der Waals surface area contributed by atoms with Gasteiger partial charge in [-0.25, -0.2) is 0 Å². The molecule has 2 aromatic rings. The summed E-state index contributed by atoms with van der Waals surface area (Å²) in [6.45, 7) is 3.19. The zero-order valence-corrected chi connectivity index (χ0v) is 20.4. The Labute approximate surface area is 202 Å². The number of amides is 2. The second kappa shape index (κ2) is 9.03. The highest BCUT2D eigenvalue weighted by molar-refractivity contribution is 5.99. The number of rotatable bonds is 4. The van der Waals surface area contributed by atoms with Crippen LogP contribution in [0.3, 0.4) is 0 Å². The molecule has 6 rings (SSSR count). The van der Waals surface area contributed by atoms with Crippen LogP contribution < -0.4 is 5.32 Å². The van der Waals surface area contributed by atoms with Crippen molar-refractivity contribution in [2.24, 2.45) is 24.8 Å². The van der Waals surface area contributed by atoms with Crippen LogP contribution in [0, 0.1) is 17.8 Å². The molecule has 6 heteroatoms. The molecular formula is C28H37N3O3. The van der Waals surface area contributed by atoms with Crippen LogP contribution in [-0.2, 0) is 29.4 Å². The number of hydrogen-bond donors (Lipinski definition) is 1. The number of likely N-dealkylation sites (tertiary alicyclic amines) is 1. The normalized spacial score (nSPS) is 25.9. The van der Waals surface area contributed by atoms with E-state index in [1.54, 1.807) is 0 Å². The van der Waals surface area contributed by atoms with Crippen molar-refractivity contribution in [1.82, 2.24) is 14.8 Å². The van der Waals surface area contributed by atoms with Crippen LogP contribution >= 0.6 is 0 Å². The minimum atomic E-state index is 0.0826. The third-order valence-corrected chi connectivity index (χ3v) is 8.84. The van der Waals surface area contributed by atoms with E-state index in [-0.39, 0.29) is 23.8 Å². The van der Waals surface area contributed by atoms with E-state index in [4.69, 9.17) is 4.74 Å². The second-order valence-corrected chi connectivity index (χ2v) is 11.0. The monoisotopic (exact) mass is 463 g/mol. The predicted octanol–water partition coefficient (Wildman–Crippen LogP) is 3.84. The molecule has 6 nitrogen and oxygen atoms in total. The fourth-order valence-corrected chi connectivity index (χ4v) is 6.66. The maximum Gasteiger partial charge on any atom is 0.253 e. The molecule has 3 fully saturated rings.